The Labute approximate surface area is 175 Å². The zero-order valence-corrected chi connectivity index (χ0v) is 17.3. The minimum absolute atomic E-state index is 0.0539. The molecular weight excluding hydrogens is 398 g/mol. The summed E-state index contributed by atoms with van der Waals surface area (Å²) in [4.78, 5) is 0.280. The first-order valence-corrected chi connectivity index (χ1v) is 11.1. The van der Waals surface area contributed by atoms with Gasteiger partial charge in [0.2, 0.25) is 10.0 Å². The van der Waals surface area contributed by atoms with Crippen molar-refractivity contribution in [2.45, 2.75) is 17.4 Å². The lowest BCUT2D eigenvalue weighted by Crippen LogP contribution is -2.38. The van der Waals surface area contributed by atoms with E-state index in [0.29, 0.717) is 13.1 Å². The zero-order valence-electron chi connectivity index (χ0n) is 16.5. The van der Waals surface area contributed by atoms with Crippen LogP contribution in [0.2, 0.25) is 0 Å². The van der Waals surface area contributed by atoms with Crippen LogP contribution in [0.5, 0.6) is 0 Å². The Kier molecular flexibility index (Phi) is 4.52. The summed E-state index contributed by atoms with van der Waals surface area (Å²) >= 11 is 0. The van der Waals surface area contributed by atoms with Crippen LogP contribution in [0.1, 0.15) is 22.6 Å². The highest BCUT2D eigenvalue weighted by atomic mass is 32.2. The molecule has 1 aliphatic rings. The van der Waals surface area contributed by atoms with E-state index in [-0.39, 0.29) is 10.8 Å². The summed E-state index contributed by atoms with van der Waals surface area (Å²) in [6, 6.07) is 16.7. The number of sulfonamides is 1. The third-order valence-corrected chi connectivity index (χ3v) is 7.36. The molecule has 7 nitrogen and oxygen atoms in total. The van der Waals surface area contributed by atoms with Gasteiger partial charge in [0.05, 0.1) is 16.8 Å². The molecule has 8 heteroatoms. The number of aromatic nitrogens is 4. The quantitative estimate of drug-likeness (QED) is 0.510. The molecule has 152 valence electrons. The van der Waals surface area contributed by atoms with Crippen LogP contribution in [0.15, 0.2) is 84.3 Å². The standard InChI is InChI=1S/C22H21N5O2S/c1-25-14-18(13-24-25)22-16-26(15-17-5-2-3-6-21(17)22)30(28,29)20-9-7-19(8-10-20)27-12-4-11-23-27/h2-14,22H,15-16H2,1H3. The summed E-state index contributed by atoms with van der Waals surface area (Å²) in [6.07, 6.45) is 7.28. The van der Waals surface area contributed by atoms with Gasteiger partial charge in [-0.2, -0.15) is 14.5 Å². The average Bonchev–Trinajstić information content (AvgIpc) is 3.45. The summed E-state index contributed by atoms with van der Waals surface area (Å²) in [6.45, 7) is 0.738. The van der Waals surface area contributed by atoms with Gasteiger partial charge in [-0.05, 0) is 47.0 Å². The molecule has 0 spiro atoms. The second-order valence-corrected chi connectivity index (χ2v) is 9.38. The Morgan fingerprint density at radius 3 is 2.50 bits per heavy atom. The first-order valence-electron chi connectivity index (χ1n) is 9.69. The van der Waals surface area contributed by atoms with Gasteiger partial charge in [0.15, 0.2) is 0 Å². The van der Waals surface area contributed by atoms with Crippen LogP contribution >= 0.6 is 0 Å². The molecule has 0 fully saturated rings. The number of nitrogens with zero attached hydrogens (tertiary/aromatic N) is 5. The van der Waals surface area contributed by atoms with E-state index in [1.54, 1.807) is 44.1 Å². The molecule has 0 aliphatic carbocycles. The molecule has 4 aromatic rings. The SMILES string of the molecule is Cn1cc(C2CN(S(=O)(=O)c3ccc(-n4cccn4)cc3)Cc3ccccc32)cn1. The summed E-state index contributed by atoms with van der Waals surface area (Å²) in [5.74, 6) is -0.0539. The van der Waals surface area contributed by atoms with E-state index >= 15 is 0 Å². The highest BCUT2D eigenvalue weighted by Crippen LogP contribution is 2.35. The monoisotopic (exact) mass is 419 g/mol. The van der Waals surface area contributed by atoms with Gasteiger partial charge in [0.1, 0.15) is 0 Å². The lowest BCUT2D eigenvalue weighted by molar-refractivity contribution is 0.371. The number of aryl methyl sites for hydroxylation is 1. The van der Waals surface area contributed by atoms with Gasteiger partial charge in [0.25, 0.3) is 0 Å². The van der Waals surface area contributed by atoms with Gasteiger partial charge in [0, 0.05) is 44.6 Å². The van der Waals surface area contributed by atoms with Gasteiger partial charge in [-0.1, -0.05) is 24.3 Å². The molecule has 0 saturated carbocycles. The van der Waals surface area contributed by atoms with Crippen molar-refractivity contribution in [3.8, 4) is 5.69 Å². The van der Waals surface area contributed by atoms with E-state index in [2.05, 4.69) is 16.3 Å². The van der Waals surface area contributed by atoms with Crippen molar-refractivity contribution in [2.24, 2.45) is 7.05 Å². The van der Waals surface area contributed by atoms with Crippen molar-refractivity contribution in [2.75, 3.05) is 6.54 Å². The Hall–Kier alpha value is -3.23. The Morgan fingerprint density at radius 2 is 1.80 bits per heavy atom. The first kappa shape index (κ1) is 18.8. The summed E-state index contributed by atoms with van der Waals surface area (Å²) in [7, 11) is -1.78. The van der Waals surface area contributed by atoms with Gasteiger partial charge in [-0.3, -0.25) is 4.68 Å². The lowest BCUT2D eigenvalue weighted by Gasteiger charge is -2.33. The van der Waals surface area contributed by atoms with Crippen molar-refractivity contribution in [3.63, 3.8) is 0 Å². The van der Waals surface area contributed by atoms with E-state index in [1.807, 2.05) is 49.9 Å². The maximum atomic E-state index is 13.5. The largest absolute Gasteiger partial charge is 0.276 e. The van der Waals surface area contributed by atoms with Crippen molar-refractivity contribution >= 4 is 10.0 Å². The van der Waals surface area contributed by atoms with Crippen LogP contribution in [-0.4, -0.2) is 38.8 Å². The van der Waals surface area contributed by atoms with Gasteiger partial charge >= 0.3 is 0 Å². The smallest absolute Gasteiger partial charge is 0.243 e. The minimum atomic E-state index is -3.65. The van der Waals surface area contributed by atoms with E-state index in [0.717, 1.165) is 22.4 Å². The topological polar surface area (TPSA) is 73.0 Å². The maximum absolute atomic E-state index is 13.5. The molecule has 30 heavy (non-hydrogen) atoms. The number of hydrogen-bond donors (Lipinski definition) is 0. The molecule has 0 saturated heterocycles. The fourth-order valence-electron chi connectivity index (χ4n) is 4.00. The number of fused-ring (bicyclic) bond motifs is 1. The average molecular weight is 420 g/mol. The number of hydrogen-bond acceptors (Lipinski definition) is 4. The molecule has 0 N–H and O–H groups in total. The van der Waals surface area contributed by atoms with Crippen molar-refractivity contribution in [3.05, 3.63) is 96.1 Å². The van der Waals surface area contributed by atoms with E-state index < -0.39 is 10.0 Å². The van der Waals surface area contributed by atoms with Crippen LogP contribution in [0.4, 0.5) is 0 Å². The Balaban J connectivity index is 1.50. The van der Waals surface area contributed by atoms with Crippen molar-refractivity contribution < 1.29 is 8.42 Å². The van der Waals surface area contributed by atoms with Crippen LogP contribution in [-0.2, 0) is 23.6 Å². The summed E-state index contributed by atoms with van der Waals surface area (Å²) < 4.78 is 31.9. The fourth-order valence-corrected chi connectivity index (χ4v) is 5.44. The minimum Gasteiger partial charge on any atom is -0.276 e. The normalized spacial score (nSPS) is 17.0. The van der Waals surface area contributed by atoms with E-state index in [1.165, 1.54) is 0 Å². The number of benzene rings is 2. The second kappa shape index (κ2) is 7.23. The van der Waals surface area contributed by atoms with Crippen LogP contribution < -0.4 is 0 Å². The predicted molar refractivity (Wildman–Crippen MR) is 113 cm³/mol. The first-order chi connectivity index (χ1) is 14.5. The van der Waals surface area contributed by atoms with E-state index in [4.69, 9.17) is 0 Å². The lowest BCUT2D eigenvalue weighted by atomic mass is 9.87. The predicted octanol–water partition coefficient (Wildman–Crippen LogP) is 2.94. The summed E-state index contributed by atoms with van der Waals surface area (Å²) in [5, 5.41) is 8.47. The second-order valence-electron chi connectivity index (χ2n) is 7.44. The molecule has 5 rings (SSSR count). The molecule has 1 aliphatic heterocycles. The molecular formula is C22H21N5O2S. The van der Waals surface area contributed by atoms with Gasteiger partial charge in [-0.15, -0.1) is 0 Å². The van der Waals surface area contributed by atoms with Crippen molar-refractivity contribution in [1.82, 2.24) is 23.9 Å². The molecule has 0 radical (unpaired) electrons. The number of rotatable bonds is 4. The molecule has 2 aromatic carbocycles. The van der Waals surface area contributed by atoms with Gasteiger partial charge < -0.3 is 0 Å². The fraction of sp³-hybridized carbons (Fsp3) is 0.182. The highest BCUT2D eigenvalue weighted by Gasteiger charge is 2.34. The van der Waals surface area contributed by atoms with Crippen LogP contribution in [0, 0.1) is 0 Å². The maximum Gasteiger partial charge on any atom is 0.243 e. The van der Waals surface area contributed by atoms with Crippen LogP contribution in [0.25, 0.3) is 5.69 Å². The summed E-state index contributed by atoms with van der Waals surface area (Å²) in [5.41, 5.74) is 4.01. The molecule has 3 heterocycles. The van der Waals surface area contributed by atoms with Gasteiger partial charge in [-0.25, -0.2) is 13.1 Å². The van der Waals surface area contributed by atoms with Crippen molar-refractivity contribution in [1.29, 1.82) is 0 Å². The van der Waals surface area contributed by atoms with Crippen LogP contribution in [0.3, 0.4) is 0 Å². The molecule has 1 atom stereocenters. The third kappa shape index (κ3) is 3.24. The molecule has 0 amide bonds. The highest BCUT2D eigenvalue weighted by molar-refractivity contribution is 7.89. The molecule has 2 aromatic heterocycles. The van der Waals surface area contributed by atoms with E-state index in [9.17, 15) is 8.42 Å². The zero-order chi connectivity index (χ0) is 20.7. The Morgan fingerprint density at radius 1 is 1.00 bits per heavy atom. The molecule has 1 unspecified atom stereocenters. The Bertz CT molecular complexity index is 1280. The third-order valence-electron chi connectivity index (χ3n) is 5.53. The molecule has 0 bridgehead atoms.